The van der Waals surface area contributed by atoms with Crippen molar-refractivity contribution < 1.29 is 34.4 Å². The highest BCUT2D eigenvalue weighted by atomic mass is 16.5. The second kappa shape index (κ2) is 9.52. The summed E-state index contributed by atoms with van der Waals surface area (Å²) in [5.41, 5.74) is 0.250. The minimum absolute atomic E-state index is 0.0670. The van der Waals surface area contributed by atoms with E-state index in [1.54, 1.807) is 0 Å². The number of allylic oxidation sites excluding steroid dienone is 1. The highest BCUT2D eigenvalue weighted by Gasteiger charge is 2.68. The number of aliphatic hydroxyl groups excluding tert-OH is 3. The Morgan fingerprint density at radius 1 is 1.05 bits per heavy atom. The fourth-order valence-electron chi connectivity index (χ4n) is 9.61. The van der Waals surface area contributed by atoms with Crippen LogP contribution in [-0.2, 0) is 19.1 Å². The molecule has 0 aliphatic heterocycles. The molecule has 0 amide bonds. The van der Waals surface area contributed by atoms with E-state index in [-0.39, 0.29) is 46.9 Å². The zero-order valence-corrected chi connectivity index (χ0v) is 24.5. The molecule has 10 unspecified atom stereocenters. The molecule has 3 N–H and O–H groups in total. The topological polar surface area (TPSA) is 121 Å². The molecule has 0 aromatic heterocycles. The van der Waals surface area contributed by atoms with Gasteiger partial charge in [0.15, 0.2) is 11.6 Å². The fraction of sp³-hybridized carbons (Fsp3) is 0.839. The zero-order chi connectivity index (χ0) is 28.6. The van der Waals surface area contributed by atoms with E-state index in [1.165, 1.54) is 14.0 Å². The van der Waals surface area contributed by atoms with Crippen LogP contribution < -0.4 is 0 Å². The average molecular weight is 533 g/mol. The Morgan fingerprint density at radius 3 is 2.29 bits per heavy atom. The molecule has 0 saturated heterocycles. The maximum atomic E-state index is 14.1. The first kappa shape index (κ1) is 29.4. The first-order chi connectivity index (χ1) is 17.5. The largest absolute Gasteiger partial charge is 0.469 e. The highest BCUT2D eigenvalue weighted by molar-refractivity contribution is 6.00. The van der Waals surface area contributed by atoms with E-state index in [1.807, 2.05) is 6.92 Å². The predicted molar refractivity (Wildman–Crippen MR) is 143 cm³/mol. The molecule has 4 rings (SSSR count). The summed E-state index contributed by atoms with van der Waals surface area (Å²) in [6, 6.07) is 0. The van der Waals surface area contributed by atoms with Gasteiger partial charge in [-0.3, -0.25) is 14.4 Å². The van der Waals surface area contributed by atoms with Crippen LogP contribution in [0.5, 0.6) is 0 Å². The Bertz CT molecular complexity index is 1040. The number of ether oxygens (including phenoxy) is 1. The van der Waals surface area contributed by atoms with Crippen LogP contribution in [0.15, 0.2) is 11.1 Å². The quantitative estimate of drug-likeness (QED) is 0.442. The van der Waals surface area contributed by atoms with Gasteiger partial charge in [-0.2, -0.15) is 0 Å². The molecule has 0 aromatic carbocycles. The van der Waals surface area contributed by atoms with Crippen molar-refractivity contribution in [2.24, 2.45) is 45.3 Å². The number of carbonyl (C=O) groups excluding carboxylic acids is 3. The van der Waals surface area contributed by atoms with Crippen molar-refractivity contribution in [3.8, 4) is 0 Å². The van der Waals surface area contributed by atoms with Crippen LogP contribution in [-0.4, -0.2) is 58.3 Å². The van der Waals surface area contributed by atoms with Gasteiger partial charge in [-0.15, -0.1) is 0 Å². The van der Waals surface area contributed by atoms with Crippen molar-refractivity contribution in [1.29, 1.82) is 0 Å². The fourth-order valence-corrected chi connectivity index (χ4v) is 9.61. The van der Waals surface area contributed by atoms with Crippen LogP contribution in [0.4, 0.5) is 0 Å². The molecule has 0 heterocycles. The van der Waals surface area contributed by atoms with E-state index in [2.05, 4.69) is 39.4 Å². The summed E-state index contributed by atoms with van der Waals surface area (Å²) in [6.45, 7) is 14.1. The highest BCUT2D eigenvalue weighted by Crippen LogP contribution is 2.71. The van der Waals surface area contributed by atoms with Crippen molar-refractivity contribution in [2.45, 2.75) is 112 Å². The standard InChI is InChI=1S/C31H48O7/c1-16(13-20(32)26(36)17(2)27(37)38-8)19-14-24(35)31(7)18-9-10-22-28(3,4)23(34)11-12-29(22,5)25(18)21(33)15-30(19,31)6/h16-17,19,22-24,26,34-36H,9-15H2,1-8H3. The van der Waals surface area contributed by atoms with Gasteiger partial charge in [0.1, 0.15) is 6.10 Å². The first-order valence-corrected chi connectivity index (χ1v) is 14.4. The van der Waals surface area contributed by atoms with Crippen molar-refractivity contribution in [3.63, 3.8) is 0 Å². The number of fused-ring (bicyclic) bond motifs is 4. The van der Waals surface area contributed by atoms with Crippen LogP contribution in [0.2, 0.25) is 0 Å². The molecule has 2 saturated carbocycles. The molecule has 0 spiro atoms. The summed E-state index contributed by atoms with van der Waals surface area (Å²) in [4.78, 5) is 38.9. The number of hydrogen-bond donors (Lipinski definition) is 3. The van der Waals surface area contributed by atoms with Crippen LogP contribution >= 0.6 is 0 Å². The molecule has 4 aliphatic carbocycles. The Balaban J connectivity index is 1.68. The van der Waals surface area contributed by atoms with E-state index in [4.69, 9.17) is 0 Å². The minimum atomic E-state index is -1.45. The summed E-state index contributed by atoms with van der Waals surface area (Å²) in [7, 11) is 1.23. The molecule has 2 fully saturated rings. The number of aliphatic hydroxyl groups is 3. The number of carbonyl (C=O) groups is 3. The minimum Gasteiger partial charge on any atom is -0.469 e. The van der Waals surface area contributed by atoms with Crippen molar-refractivity contribution in [2.75, 3.05) is 7.11 Å². The summed E-state index contributed by atoms with van der Waals surface area (Å²) < 4.78 is 4.69. The maximum absolute atomic E-state index is 14.1. The van der Waals surface area contributed by atoms with Gasteiger partial charge in [0.2, 0.25) is 0 Å². The van der Waals surface area contributed by atoms with E-state index in [0.717, 1.165) is 30.4 Å². The van der Waals surface area contributed by atoms with Crippen LogP contribution in [0, 0.1) is 45.3 Å². The lowest BCUT2D eigenvalue weighted by atomic mass is 9.43. The summed E-state index contributed by atoms with van der Waals surface area (Å²) in [5, 5.41) is 33.0. The molecule has 10 atom stereocenters. The lowest BCUT2D eigenvalue weighted by Gasteiger charge is -2.61. The molecule has 7 nitrogen and oxygen atoms in total. The van der Waals surface area contributed by atoms with Gasteiger partial charge in [-0.1, -0.05) is 47.1 Å². The third kappa shape index (κ3) is 3.89. The summed E-state index contributed by atoms with van der Waals surface area (Å²) in [6.07, 6.45) is 1.42. The van der Waals surface area contributed by atoms with Gasteiger partial charge in [-0.05, 0) is 73.0 Å². The third-order valence-corrected chi connectivity index (χ3v) is 12.2. The van der Waals surface area contributed by atoms with Crippen molar-refractivity contribution in [1.82, 2.24) is 0 Å². The van der Waals surface area contributed by atoms with E-state index >= 15 is 0 Å². The number of rotatable bonds is 6. The molecule has 7 heteroatoms. The monoisotopic (exact) mass is 532 g/mol. The Labute approximate surface area is 227 Å². The van der Waals surface area contributed by atoms with Crippen LogP contribution in [0.25, 0.3) is 0 Å². The molecule has 0 bridgehead atoms. The lowest BCUT2D eigenvalue weighted by Crippen LogP contribution is -2.58. The number of Topliss-reactive ketones (excluding diaryl/α,β-unsaturated/α-hetero) is 2. The molecular weight excluding hydrogens is 484 g/mol. The van der Waals surface area contributed by atoms with Crippen molar-refractivity contribution in [3.05, 3.63) is 11.1 Å². The number of hydrogen-bond acceptors (Lipinski definition) is 7. The van der Waals surface area contributed by atoms with Gasteiger partial charge in [0.05, 0.1) is 25.2 Å². The van der Waals surface area contributed by atoms with Gasteiger partial charge in [-0.25, -0.2) is 0 Å². The van der Waals surface area contributed by atoms with Gasteiger partial charge < -0.3 is 20.1 Å². The number of methoxy groups -OCH3 is 1. The van der Waals surface area contributed by atoms with Gasteiger partial charge in [0, 0.05) is 23.8 Å². The van der Waals surface area contributed by atoms with Crippen LogP contribution in [0.1, 0.15) is 93.4 Å². The van der Waals surface area contributed by atoms with Gasteiger partial charge >= 0.3 is 5.97 Å². The van der Waals surface area contributed by atoms with E-state index in [0.29, 0.717) is 19.3 Å². The Morgan fingerprint density at radius 2 is 1.68 bits per heavy atom. The van der Waals surface area contributed by atoms with Crippen molar-refractivity contribution >= 4 is 17.5 Å². The van der Waals surface area contributed by atoms with E-state index < -0.39 is 40.7 Å². The number of ketones is 2. The lowest BCUT2D eigenvalue weighted by molar-refractivity contribution is -0.153. The smallest absolute Gasteiger partial charge is 0.311 e. The SMILES string of the molecule is COC(=O)C(C)C(O)C(=O)CC(C)C1CC(O)C2(C)C3=C(C(=O)CC12C)C1(C)CCC(O)C(C)(C)C1CC3. The second-order valence-electron chi connectivity index (χ2n) is 14.2. The molecule has 0 aromatic rings. The third-order valence-electron chi connectivity index (χ3n) is 12.2. The van der Waals surface area contributed by atoms with Crippen LogP contribution in [0.3, 0.4) is 0 Å². The maximum Gasteiger partial charge on any atom is 0.311 e. The predicted octanol–water partition coefficient (Wildman–Crippen LogP) is 4.01. The summed E-state index contributed by atoms with van der Waals surface area (Å²) >= 11 is 0. The Hall–Kier alpha value is -1.57. The molecule has 0 radical (unpaired) electrons. The molecule has 214 valence electrons. The Kier molecular flexibility index (Phi) is 7.37. The number of esters is 1. The second-order valence-corrected chi connectivity index (χ2v) is 14.2. The summed E-state index contributed by atoms with van der Waals surface area (Å²) in [5.74, 6) is -1.94. The molecular formula is C31H48O7. The first-order valence-electron chi connectivity index (χ1n) is 14.4. The normalized spacial score (nSPS) is 42.4. The van der Waals surface area contributed by atoms with Gasteiger partial charge in [0.25, 0.3) is 0 Å². The average Bonchev–Trinajstić information content (AvgIpc) is 3.06. The molecule has 4 aliphatic rings. The molecule has 38 heavy (non-hydrogen) atoms. The van der Waals surface area contributed by atoms with E-state index in [9.17, 15) is 29.7 Å². The zero-order valence-electron chi connectivity index (χ0n) is 24.5.